The van der Waals surface area contributed by atoms with Gasteiger partial charge in [0, 0.05) is 32.7 Å². The van der Waals surface area contributed by atoms with E-state index in [1.165, 1.54) is 23.4 Å². The molecule has 3 heterocycles. The van der Waals surface area contributed by atoms with Gasteiger partial charge in [-0.1, -0.05) is 210 Å². The van der Waals surface area contributed by atoms with Crippen molar-refractivity contribution < 1.29 is 27.1 Å². The lowest BCUT2D eigenvalue weighted by Crippen LogP contribution is -2.35. The Labute approximate surface area is 468 Å². The number of nitrogens with zero attached hydrogens (tertiary/aromatic N) is 4. The molecule has 8 aromatic carbocycles. The van der Waals surface area contributed by atoms with Crippen LogP contribution in [0.1, 0.15) is 129 Å². The van der Waals surface area contributed by atoms with Crippen LogP contribution in [0.5, 0.6) is 11.5 Å². The summed E-state index contributed by atoms with van der Waals surface area (Å²) in [5, 5.41) is 1.67. The van der Waals surface area contributed by atoms with Crippen LogP contribution in [0.3, 0.4) is 0 Å². The number of para-hydroxylation sites is 1. The van der Waals surface area contributed by atoms with Crippen LogP contribution in [0, 0.1) is 13.2 Å². The van der Waals surface area contributed by atoms with Crippen LogP contribution in [0.4, 0.5) is 0 Å². The van der Waals surface area contributed by atoms with E-state index in [9.17, 15) is 2.74 Å². The molecule has 0 atom stereocenters. The van der Waals surface area contributed by atoms with Gasteiger partial charge in [-0.2, -0.15) is 0 Å². The molecule has 0 saturated carbocycles. The summed E-state index contributed by atoms with van der Waals surface area (Å²) in [6, 6.07) is 34.8. The summed E-state index contributed by atoms with van der Waals surface area (Å²) < 4.78 is 126. The Morgan fingerprint density at radius 3 is 1.80 bits per heavy atom. The Hall–Kier alpha value is -8.02. The molecule has 11 rings (SSSR count). The monoisotopic (exact) mass is 1010 g/mol. The van der Waals surface area contributed by atoms with Crippen molar-refractivity contribution in [1.29, 1.82) is 0 Å². The fourth-order valence-corrected chi connectivity index (χ4v) is 10.00. The standard InChI is InChI=1S/C71H70N4O/c1-46-35-66(72-44-60(46)48-25-18-15-19-26-48)75-62-30-21-20-29-57(62)58-33-32-56(43-64(58)75)76-55-28-22-27-54(42-55)73-45-74(67-59(47-23-16-14-17-24-47)40-53(70(8,9)10)41-61(67)71(11,12)13)63-34-31-49(38-65(63)73)50-36-51(68(2,3)4)39-52(37-50)69(5,6)7/h14-44H,1-13H3/i1D3,14D,15D,16D,17D,18D,19D,23D,24D,25D,26D. The first kappa shape index (κ1) is 36.8. The van der Waals surface area contributed by atoms with E-state index in [0.29, 0.717) is 39.5 Å². The highest BCUT2D eigenvalue weighted by atomic mass is 16.5. The molecule has 0 N–H and O–H groups in total. The summed E-state index contributed by atoms with van der Waals surface area (Å²) in [5.41, 5.74) is 9.00. The predicted octanol–water partition coefficient (Wildman–Crippen LogP) is 18.5. The molecule has 0 aliphatic rings. The zero-order valence-corrected chi connectivity index (χ0v) is 45.3. The predicted molar refractivity (Wildman–Crippen MR) is 318 cm³/mol. The number of ether oxygens (including phenoxy) is 1. The summed E-state index contributed by atoms with van der Waals surface area (Å²) in [7, 11) is 0. The summed E-state index contributed by atoms with van der Waals surface area (Å²) in [5.74, 6) is 1.12. The van der Waals surface area contributed by atoms with Gasteiger partial charge >= 0.3 is 0 Å². The molecule has 5 heteroatoms. The second-order valence-corrected chi connectivity index (χ2v) is 23.9. The van der Waals surface area contributed by atoms with Crippen LogP contribution in [0.15, 0.2) is 188 Å². The summed E-state index contributed by atoms with van der Waals surface area (Å²) >= 11 is 0. The molecule has 11 aromatic rings. The van der Waals surface area contributed by atoms with E-state index >= 15 is 0 Å². The van der Waals surface area contributed by atoms with Gasteiger partial charge in [-0.15, -0.1) is 0 Å². The van der Waals surface area contributed by atoms with E-state index in [1.807, 2.05) is 86.5 Å². The summed E-state index contributed by atoms with van der Waals surface area (Å²) in [6.07, 6.45) is 5.02. The molecular formula is C71H70N4O. The fraction of sp³-hybridized carbons (Fsp3) is 0.239. The largest absolute Gasteiger partial charge is 0.458 e. The number of aromatic nitrogens is 4. The second-order valence-electron chi connectivity index (χ2n) is 23.9. The zero-order chi connectivity index (χ0) is 64.7. The lowest BCUT2D eigenvalue weighted by atomic mass is 9.77. The van der Waals surface area contributed by atoms with Gasteiger partial charge in [0.2, 0.25) is 0 Å². The number of benzene rings is 8. The van der Waals surface area contributed by atoms with Gasteiger partial charge in [0.1, 0.15) is 17.3 Å². The van der Waals surface area contributed by atoms with Gasteiger partial charge in [0.15, 0.2) is 0 Å². The highest BCUT2D eigenvalue weighted by molar-refractivity contribution is 6.09. The smallest absolute Gasteiger partial charge is 0.269 e. The van der Waals surface area contributed by atoms with Gasteiger partial charge in [-0.3, -0.25) is 13.7 Å². The molecule has 0 fully saturated rings. The zero-order valence-electron chi connectivity index (χ0n) is 58.3. The van der Waals surface area contributed by atoms with Crippen LogP contribution in [-0.4, -0.2) is 14.1 Å². The van der Waals surface area contributed by atoms with Gasteiger partial charge < -0.3 is 4.74 Å². The molecule has 0 aliphatic carbocycles. The van der Waals surface area contributed by atoms with Crippen LogP contribution in [-0.2, 0) is 21.7 Å². The van der Waals surface area contributed by atoms with Crippen molar-refractivity contribution in [2.45, 2.75) is 112 Å². The number of aryl methyl sites for hydroxylation is 1. The number of rotatable bonds is 8. The first-order chi connectivity index (χ1) is 41.4. The Kier molecular flexibility index (Phi) is 9.05. The molecular weight excluding hydrogens is 925 g/mol. The maximum absolute atomic E-state index is 9.41. The molecule has 76 heavy (non-hydrogen) atoms. The van der Waals surface area contributed by atoms with Crippen molar-refractivity contribution in [3.05, 3.63) is 222 Å². The maximum Gasteiger partial charge on any atom is 0.269 e. The number of pyridine rings is 1. The molecule has 0 bridgehead atoms. The highest BCUT2D eigenvalue weighted by Crippen LogP contribution is 2.42. The molecule has 0 aliphatic heterocycles. The average molecular weight is 1010 g/mol. The van der Waals surface area contributed by atoms with E-state index in [-0.39, 0.29) is 51.0 Å². The van der Waals surface area contributed by atoms with Gasteiger partial charge in [-0.25, -0.2) is 4.98 Å². The van der Waals surface area contributed by atoms with Gasteiger partial charge in [-0.05, 0) is 133 Å². The van der Waals surface area contributed by atoms with Crippen LogP contribution in [0.25, 0.3) is 83.4 Å². The van der Waals surface area contributed by atoms with Crippen molar-refractivity contribution in [2.75, 3.05) is 0 Å². The molecule has 5 nitrogen and oxygen atoms in total. The molecule has 0 spiro atoms. The minimum absolute atomic E-state index is 0.0833. The van der Waals surface area contributed by atoms with Crippen LogP contribution >= 0.6 is 0 Å². The third kappa shape index (κ3) is 9.42. The van der Waals surface area contributed by atoms with E-state index in [2.05, 4.69) is 132 Å². The molecule has 0 saturated heterocycles. The lowest BCUT2D eigenvalue weighted by Gasteiger charge is -2.30. The second kappa shape index (κ2) is 18.7. The molecule has 0 unspecified atom stereocenters. The van der Waals surface area contributed by atoms with Gasteiger partial charge in [0.25, 0.3) is 6.33 Å². The Morgan fingerprint density at radius 2 is 1.14 bits per heavy atom. The topological polar surface area (TPSA) is 35.9 Å². The average Bonchev–Trinajstić information content (AvgIpc) is 1.72. The molecule has 0 amide bonds. The molecule has 3 aromatic heterocycles. The Bertz CT molecular complexity index is 4650. The SMILES string of the molecule is [2H]c1c([2H])c([2H])c(-c2cnc(-n3c4ccccc4c4ccc(Oc5cccc(-n6[c-][n+](-c7c(-c8c([2H])c([2H])c([2H])c([2H])c8[2H])cc(C(C)(C)C)cc7C(C)(C)C)c7ccc(-c8cc(C(C)(C)C)cc(C(C)(C)C)c8)cc76)c5)cc43)cc2C([2H])([2H])[2H])c([2H])c1[2H]. The van der Waals surface area contributed by atoms with E-state index in [1.54, 1.807) is 0 Å². The first-order valence-corrected chi connectivity index (χ1v) is 25.8. The molecule has 380 valence electrons. The minimum atomic E-state index is -2.79. The number of hydrogen-bond donors (Lipinski definition) is 0. The Morgan fingerprint density at radius 1 is 0.513 bits per heavy atom. The van der Waals surface area contributed by atoms with E-state index in [4.69, 9.17) is 24.8 Å². The number of fused-ring (bicyclic) bond motifs is 4. The van der Waals surface area contributed by atoms with Crippen molar-refractivity contribution in [2.24, 2.45) is 0 Å². The third-order valence-electron chi connectivity index (χ3n) is 14.3. The summed E-state index contributed by atoms with van der Waals surface area (Å²) in [6.45, 7) is 23.2. The van der Waals surface area contributed by atoms with Crippen molar-refractivity contribution in [1.82, 2.24) is 14.1 Å². The first-order valence-electron chi connectivity index (χ1n) is 32.3. The number of hydrogen-bond acceptors (Lipinski definition) is 2. The van der Waals surface area contributed by atoms with Crippen LogP contribution < -0.4 is 9.30 Å². The van der Waals surface area contributed by atoms with Gasteiger partial charge in [0.05, 0.1) is 47.1 Å². The third-order valence-corrected chi connectivity index (χ3v) is 14.3. The quantitative estimate of drug-likeness (QED) is 0.112. The highest BCUT2D eigenvalue weighted by Gasteiger charge is 2.29. The van der Waals surface area contributed by atoms with Crippen molar-refractivity contribution in [3.63, 3.8) is 0 Å². The van der Waals surface area contributed by atoms with Crippen molar-refractivity contribution in [3.8, 4) is 62.1 Å². The maximum atomic E-state index is 9.41. The molecule has 0 radical (unpaired) electrons. The van der Waals surface area contributed by atoms with Crippen LogP contribution in [0.2, 0.25) is 0 Å². The fourth-order valence-electron chi connectivity index (χ4n) is 10.00. The van der Waals surface area contributed by atoms with E-state index < -0.39 is 66.0 Å². The summed E-state index contributed by atoms with van der Waals surface area (Å²) in [4.78, 5) is 4.76. The Balaban J connectivity index is 1.12. The lowest BCUT2D eigenvalue weighted by molar-refractivity contribution is -0.572. The van der Waals surface area contributed by atoms with E-state index in [0.717, 1.165) is 44.1 Å². The normalized spacial score (nSPS) is 15.1. The number of imidazole rings is 1. The minimum Gasteiger partial charge on any atom is -0.458 e. The van der Waals surface area contributed by atoms with Crippen molar-refractivity contribution >= 4 is 32.8 Å².